The number of rotatable bonds is 6. The second-order valence-electron chi connectivity index (χ2n) is 5.67. The third-order valence-corrected chi connectivity index (χ3v) is 3.99. The minimum Gasteiger partial charge on any atom is -0.504 e. The van der Waals surface area contributed by atoms with Gasteiger partial charge in [0.2, 0.25) is 11.9 Å². The van der Waals surface area contributed by atoms with Gasteiger partial charge in [-0.05, 0) is 30.5 Å². The highest BCUT2D eigenvalue weighted by Crippen LogP contribution is 2.36. The van der Waals surface area contributed by atoms with E-state index >= 15 is 0 Å². The molecule has 0 radical (unpaired) electrons. The summed E-state index contributed by atoms with van der Waals surface area (Å²) < 4.78 is 13.2. The smallest absolute Gasteiger partial charge is 0.223 e. The molecule has 0 bridgehead atoms. The molecule has 1 fully saturated rings. The number of nitrogens with zero attached hydrogens (tertiary/aromatic N) is 3. The Morgan fingerprint density at radius 1 is 1.17 bits per heavy atom. The van der Waals surface area contributed by atoms with Gasteiger partial charge in [0, 0.05) is 13.0 Å². The molecular formula is C15H21N5O4. The number of benzene rings is 1. The number of ether oxygens (including phenoxy) is 2. The van der Waals surface area contributed by atoms with E-state index in [0.29, 0.717) is 19.6 Å². The summed E-state index contributed by atoms with van der Waals surface area (Å²) in [5.74, 6) is 0.287. The summed E-state index contributed by atoms with van der Waals surface area (Å²) in [7, 11) is 0. The summed E-state index contributed by atoms with van der Waals surface area (Å²) in [6, 6.07) is 4.70. The number of hydrogen-bond acceptors (Lipinski definition) is 8. The lowest BCUT2D eigenvalue weighted by atomic mass is 10.1. The first kappa shape index (κ1) is 16.3. The summed E-state index contributed by atoms with van der Waals surface area (Å²) >= 11 is 0. The zero-order chi connectivity index (χ0) is 17.1. The van der Waals surface area contributed by atoms with Gasteiger partial charge < -0.3 is 31.2 Å². The van der Waals surface area contributed by atoms with Gasteiger partial charge in [-0.2, -0.15) is 0 Å². The van der Waals surface area contributed by atoms with E-state index in [4.69, 9.17) is 20.9 Å². The van der Waals surface area contributed by atoms with Crippen molar-refractivity contribution in [1.82, 2.24) is 14.8 Å². The zero-order valence-corrected chi connectivity index (χ0v) is 13.1. The summed E-state index contributed by atoms with van der Waals surface area (Å²) in [4.78, 5) is 0. The van der Waals surface area contributed by atoms with Crippen molar-refractivity contribution in [2.75, 3.05) is 18.1 Å². The normalized spacial score (nSPS) is 20.5. The largest absolute Gasteiger partial charge is 0.504 e. The Hall–Kier alpha value is -2.52. The van der Waals surface area contributed by atoms with Crippen LogP contribution in [-0.2, 0) is 16.0 Å². The second-order valence-corrected chi connectivity index (χ2v) is 5.67. The number of nitrogens with two attached hydrogens (primary N) is 2. The molecule has 1 aliphatic rings. The number of phenols is 2. The molecule has 6 N–H and O–H groups in total. The minimum absolute atomic E-state index is 0.142. The molecule has 1 aliphatic heterocycles. The minimum atomic E-state index is -0.290. The van der Waals surface area contributed by atoms with Crippen molar-refractivity contribution >= 4 is 11.9 Å². The van der Waals surface area contributed by atoms with Crippen LogP contribution < -0.4 is 11.5 Å². The number of aromatic hydroxyl groups is 2. The van der Waals surface area contributed by atoms with E-state index in [9.17, 15) is 10.2 Å². The quantitative estimate of drug-likeness (QED) is 0.455. The van der Waals surface area contributed by atoms with Crippen LogP contribution in [0, 0.1) is 0 Å². The van der Waals surface area contributed by atoms with E-state index in [0.717, 1.165) is 18.4 Å². The van der Waals surface area contributed by atoms with E-state index in [1.807, 2.05) is 0 Å². The van der Waals surface area contributed by atoms with Crippen molar-refractivity contribution in [3.05, 3.63) is 23.8 Å². The molecule has 0 spiro atoms. The van der Waals surface area contributed by atoms with Crippen LogP contribution in [-0.4, -0.2) is 37.9 Å². The van der Waals surface area contributed by atoms with Crippen molar-refractivity contribution in [2.45, 2.75) is 38.2 Å². The average molecular weight is 335 g/mol. The maximum Gasteiger partial charge on any atom is 0.223 e. The van der Waals surface area contributed by atoms with Gasteiger partial charge in [-0.25, -0.2) is 0 Å². The highest BCUT2D eigenvalue weighted by molar-refractivity contribution is 5.41. The molecular weight excluding hydrogens is 314 g/mol. The monoisotopic (exact) mass is 335 g/mol. The molecule has 1 aromatic carbocycles. The molecule has 9 nitrogen and oxygen atoms in total. The van der Waals surface area contributed by atoms with Crippen LogP contribution in [0.25, 0.3) is 0 Å². The SMILES string of the molecule is Nc1nnc(N)n1CCCOC1CCC(c2ccc(O)c(O)c2)O1. The maximum absolute atomic E-state index is 9.57. The van der Waals surface area contributed by atoms with E-state index in [-0.39, 0.29) is 35.8 Å². The molecule has 0 saturated carbocycles. The van der Waals surface area contributed by atoms with Gasteiger partial charge in [-0.3, -0.25) is 4.57 Å². The van der Waals surface area contributed by atoms with Crippen LogP contribution in [0.4, 0.5) is 11.9 Å². The lowest BCUT2D eigenvalue weighted by molar-refractivity contribution is -0.135. The Bertz CT molecular complexity index is 686. The lowest BCUT2D eigenvalue weighted by Gasteiger charge is -2.15. The first-order valence-corrected chi connectivity index (χ1v) is 7.77. The van der Waals surface area contributed by atoms with Crippen molar-refractivity contribution in [1.29, 1.82) is 0 Å². The molecule has 0 aliphatic carbocycles. The highest BCUT2D eigenvalue weighted by Gasteiger charge is 2.27. The van der Waals surface area contributed by atoms with Crippen LogP contribution in [0.3, 0.4) is 0 Å². The molecule has 2 unspecified atom stereocenters. The Morgan fingerprint density at radius 3 is 2.62 bits per heavy atom. The fraction of sp³-hybridized carbons (Fsp3) is 0.467. The molecule has 9 heteroatoms. The van der Waals surface area contributed by atoms with Crippen molar-refractivity contribution in [3.8, 4) is 11.5 Å². The van der Waals surface area contributed by atoms with Crippen LogP contribution in [0.1, 0.15) is 30.9 Å². The molecule has 1 aromatic heterocycles. The Morgan fingerprint density at radius 2 is 1.92 bits per heavy atom. The predicted molar refractivity (Wildman–Crippen MR) is 86.0 cm³/mol. The zero-order valence-electron chi connectivity index (χ0n) is 13.1. The van der Waals surface area contributed by atoms with Gasteiger partial charge in [-0.15, -0.1) is 10.2 Å². The van der Waals surface area contributed by atoms with Gasteiger partial charge >= 0.3 is 0 Å². The Kier molecular flexibility index (Phi) is 4.72. The molecule has 2 aromatic rings. The summed E-state index contributed by atoms with van der Waals surface area (Å²) in [5, 5.41) is 26.3. The Balaban J connectivity index is 1.44. The number of nitrogen functional groups attached to an aromatic ring is 2. The molecule has 3 rings (SSSR count). The topological polar surface area (TPSA) is 142 Å². The van der Waals surface area contributed by atoms with Gasteiger partial charge in [0.05, 0.1) is 12.7 Å². The highest BCUT2D eigenvalue weighted by atomic mass is 16.7. The molecule has 1 saturated heterocycles. The first-order chi connectivity index (χ1) is 11.5. The number of aromatic nitrogens is 3. The molecule has 130 valence electrons. The Labute approximate surface area is 138 Å². The van der Waals surface area contributed by atoms with Crippen molar-refractivity contribution < 1.29 is 19.7 Å². The predicted octanol–water partition coefficient (Wildman–Crippen LogP) is 1.14. The molecule has 2 atom stereocenters. The van der Waals surface area contributed by atoms with Crippen molar-refractivity contribution in [2.24, 2.45) is 0 Å². The fourth-order valence-electron chi connectivity index (χ4n) is 2.71. The second kappa shape index (κ2) is 6.93. The summed E-state index contributed by atoms with van der Waals surface area (Å²) in [6.45, 7) is 1.07. The number of hydrogen-bond donors (Lipinski definition) is 4. The third kappa shape index (κ3) is 3.52. The lowest BCUT2D eigenvalue weighted by Crippen LogP contribution is -2.14. The molecule has 2 heterocycles. The standard InChI is InChI=1S/C15H21N5O4/c16-14-18-19-15(17)20(14)6-1-7-23-13-5-4-12(24-13)9-2-3-10(21)11(22)8-9/h2-3,8,12-13,21-22H,1,4-7H2,(H2,16,18)(H2,17,19). The number of phenolic OH excluding ortho intramolecular Hbond substituents is 2. The van der Waals surface area contributed by atoms with Gasteiger partial charge in [0.25, 0.3) is 0 Å². The summed E-state index contributed by atoms with van der Waals surface area (Å²) in [5.41, 5.74) is 12.1. The maximum atomic E-state index is 9.57. The fourth-order valence-corrected chi connectivity index (χ4v) is 2.71. The average Bonchev–Trinajstić information content (AvgIpc) is 3.15. The van der Waals surface area contributed by atoms with E-state index in [2.05, 4.69) is 10.2 Å². The van der Waals surface area contributed by atoms with Crippen LogP contribution in [0.5, 0.6) is 11.5 Å². The van der Waals surface area contributed by atoms with Crippen LogP contribution in [0.15, 0.2) is 18.2 Å². The van der Waals surface area contributed by atoms with Crippen molar-refractivity contribution in [3.63, 3.8) is 0 Å². The van der Waals surface area contributed by atoms with Crippen LogP contribution >= 0.6 is 0 Å². The summed E-state index contributed by atoms with van der Waals surface area (Å²) in [6.07, 6.45) is 1.83. The van der Waals surface area contributed by atoms with Gasteiger partial charge in [0.1, 0.15) is 0 Å². The van der Waals surface area contributed by atoms with Gasteiger partial charge in [-0.1, -0.05) is 6.07 Å². The number of anilines is 2. The van der Waals surface area contributed by atoms with E-state index in [1.54, 1.807) is 10.6 Å². The van der Waals surface area contributed by atoms with Gasteiger partial charge in [0.15, 0.2) is 17.8 Å². The van der Waals surface area contributed by atoms with E-state index in [1.165, 1.54) is 12.1 Å². The molecule has 0 amide bonds. The van der Waals surface area contributed by atoms with Crippen LogP contribution in [0.2, 0.25) is 0 Å². The first-order valence-electron chi connectivity index (χ1n) is 7.77. The molecule has 24 heavy (non-hydrogen) atoms. The third-order valence-electron chi connectivity index (χ3n) is 3.99. The van der Waals surface area contributed by atoms with E-state index < -0.39 is 0 Å².